The van der Waals surface area contributed by atoms with Gasteiger partial charge in [0.15, 0.2) is 0 Å². The Morgan fingerprint density at radius 2 is 2.00 bits per heavy atom. The molecule has 1 unspecified atom stereocenters. The van der Waals surface area contributed by atoms with Crippen LogP contribution in [0.3, 0.4) is 0 Å². The van der Waals surface area contributed by atoms with Gasteiger partial charge in [-0.1, -0.05) is 49.2 Å². The molecule has 0 radical (unpaired) electrons. The molecule has 0 saturated heterocycles. The van der Waals surface area contributed by atoms with Crippen molar-refractivity contribution in [1.29, 1.82) is 0 Å². The maximum atomic E-state index is 3.99. The number of hydrogen-bond acceptors (Lipinski definition) is 2. The lowest BCUT2D eigenvalue weighted by atomic mass is 10.1. The highest BCUT2D eigenvalue weighted by molar-refractivity contribution is 7.78. The Morgan fingerprint density at radius 3 is 2.45 bits per heavy atom. The molecular formula is C9H11NS. The number of nitrogens with one attached hydrogen (secondary N) is 1. The summed E-state index contributed by atoms with van der Waals surface area (Å²) in [4.78, 5) is 0. The van der Waals surface area contributed by atoms with Gasteiger partial charge in [-0.15, -0.1) is 6.58 Å². The third kappa shape index (κ3) is 2.10. The van der Waals surface area contributed by atoms with Gasteiger partial charge in [0.25, 0.3) is 0 Å². The van der Waals surface area contributed by atoms with Crippen LogP contribution >= 0.6 is 12.8 Å². The summed E-state index contributed by atoms with van der Waals surface area (Å²) in [6, 6.07) is 10.2. The van der Waals surface area contributed by atoms with Crippen molar-refractivity contribution < 1.29 is 0 Å². The molecule has 0 bridgehead atoms. The number of thiol groups is 1. The summed E-state index contributed by atoms with van der Waals surface area (Å²) in [5, 5.41) is 0. The Bertz CT molecular complexity index is 220. The van der Waals surface area contributed by atoms with Crippen LogP contribution in [0.15, 0.2) is 43.0 Å². The van der Waals surface area contributed by atoms with Crippen molar-refractivity contribution in [3.8, 4) is 0 Å². The molecule has 1 rings (SSSR count). The molecule has 0 aliphatic heterocycles. The normalized spacial score (nSPS) is 12.5. The molecule has 0 aromatic heterocycles. The third-order valence-electron chi connectivity index (χ3n) is 1.53. The molecule has 58 valence electrons. The predicted molar refractivity (Wildman–Crippen MR) is 51.5 cm³/mol. The van der Waals surface area contributed by atoms with Gasteiger partial charge in [-0.05, 0) is 5.56 Å². The summed E-state index contributed by atoms with van der Waals surface area (Å²) >= 11 is 3.99. The van der Waals surface area contributed by atoms with Crippen LogP contribution in [0.4, 0.5) is 0 Å². The molecule has 1 N–H and O–H groups in total. The summed E-state index contributed by atoms with van der Waals surface area (Å²) in [7, 11) is 0. The fraction of sp³-hybridized carbons (Fsp3) is 0.111. The van der Waals surface area contributed by atoms with E-state index in [2.05, 4.69) is 24.1 Å². The van der Waals surface area contributed by atoms with Crippen molar-refractivity contribution in [2.24, 2.45) is 0 Å². The van der Waals surface area contributed by atoms with Crippen molar-refractivity contribution in [1.82, 2.24) is 4.72 Å². The van der Waals surface area contributed by atoms with Gasteiger partial charge in [0.1, 0.15) is 0 Å². The van der Waals surface area contributed by atoms with E-state index in [9.17, 15) is 0 Å². The molecule has 0 aliphatic rings. The van der Waals surface area contributed by atoms with Gasteiger partial charge < -0.3 is 0 Å². The van der Waals surface area contributed by atoms with E-state index in [0.717, 1.165) is 0 Å². The van der Waals surface area contributed by atoms with Crippen LogP contribution in [0.5, 0.6) is 0 Å². The second-order valence-corrected chi connectivity index (χ2v) is 2.51. The third-order valence-corrected chi connectivity index (χ3v) is 1.81. The van der Waals surface area contributed by atoms with Crippen LogP contribution < -0.4 is 4.72 Å². The second-order valence-electron chi connectivity index (χ2n) is 2.25. The lowest BCUT2D eigenvalue weighted by molar-refractivity contribution is 0.845. The number of benzene rings is 1. The molecule has 11 heavy (non-hydrogen) atoms. The number of hydrogen-bond donors (Lipinski definition) is 2. The number of rotatable bonds is 3. The SMILES string of the molecule is C=CC(NS)c1ccccc1. The summed E-state index contributed by atoms with van der Waals surface area (Å²) in [6.07, 6.45) is 1.82. The van der Waals surface area contributed by atoms with E-state index >= 15 is 0 Å². The Labute approximate surface area is 72.7 Å². The van der Waals surface area contributed by atoms with Crippen molar-refractivity contribution >= 4 is 12.8 Å². The average molecular weight is 165 g/mol. The van der Waals surface area contributed by atoms with E-state index in [1.807, 2.05) is 36.4 Å². The summed E-state index contributed by atoms with van der Waals surface area (Å²) in [5.74, 6) is 0. The second kappa shape index (κ2) is 4.21. The summed E-state index contributed by atoms with van der Waals surface area (Å²) in [5.41, 5.74) is 1.18. The van der Waals surface area contributed by atoms with E-state index in [0.29, 0.717) is 0 Å². The molecule has 1 aromatic carbocycles. The average Bonchev–Trinajstić information content (AvgIpc) is 2.09. The minimum absolute atomic E-state index is 0.138. The molecule has 1 aromatic rings. The van der Waals surface area contributed by atoms with Gasteiger partial charge >= 0.3 is 0 Å². The van der Waals surface area contributed by atoms with Gasteiger partial charge in [-0.25, -0.2) is 0 Å². The summed E-state index contributed by atoms with van der Waals surface area (Å²) in [6.45, 7) is 3.70. The highest BCUT2D eigenvalue weighted by Crippen LogP contribution is 2.12. The molecule has 2 heteroatoms. The van der Waals surface area contributed by atoms with E-state index < -0.39 is 0 Å². The lowest BCUT2D eigenvalue weighted by Gasteiger charge is -2.09. The quantitative estimate of drug-likeness (QED) is 0.517. The topological polar surface area (TPSA) is 12.0 Å². The first-order chi connectivity index (χ1) is 5.38. The Kier molecular flexibility index (Phi) is 3.20. The fourth-order valence-electron chi connectivity index (χ4n) is 0.924. The molecule has 0 amide bonds. The van der Waals surface area contributed by atoms with Crippen LogP contribution in [-0.4, -0.2) is 0 Å². The Morgan fingerprint density at radius 1 is 1.36 bits per heavy atom. The van der Waals surface area contributed by atoms with Gasteiger partial charge in [-0.3, -0.25) is 4.72 Å². The van der Waals surface area contributed by atoms with Crippen LogP contribution in [0.25, 0.3) is 0 Å². The molecule has 0 spiro atoms. The molecule has 1 atom stereocenters. The minimum atomic E-state index is 0.138. The smallest absolute Gasteiger partial charge is 0.0597 e. The van der Waals surface area contributed by atoms with E-state index in [1.54, 1.807) is 0 Å². The van der Waals surface area contributed by atoms with Crippen LogP contribution in [0.1, 0.15) is 11.6 Å². The minimum Gasteiger partial charge on any atom is -0.255 e. The van der Waals surface area contributed by atoms with Crippen LogP contribution in [0, 0.1) is 0 Å². The molecule has 0 fully saturated rings. The summed E-state index contributed by atoms with van der Waals surface area (Å²) < 4.78 is 2.84. The zero-order valence-corrected chi connectivity index (χ0v) is 7.09. The zero-order valence-electron chi connectivity index (χ0n) is 6.20. The molecule has 0 heterocycles. The molecule has 0 saturated carbocycles. The first-order valence-electron chi connectivity index (χ1n) is 3.45. The maximum Gasteiger partial charge on any atom is 0.0597 e. The van der Waals surface area contributed by atoms with Crippen molar-refractivity contribution in [2.75, 3.05) is 0 Å². The highest BCUT2D eigenvalue weighted by Gasteiger charge is 2.01. The van der Waals surface area contributed by atoms with Gasteiger partial charge in [0, 0.05) is 0 Å². The first-order valence-corrected chi connectivity index (χ1v) is 3.90. The first kappa shape index (κ1) is 8.37. The van der Waals surface area contributed by atoms with E-state index in [-0.39, 0.29) is 6.04 Å². The molecular weight excluding hydrogens is 154 g/mol. The zero-order chi connectivity index (χ0) is 8.10. The standard InChI is InChI=1S/C9H11NS/c1-2-9(10-11)8-6-4-3-5-7-8/h2-7,9-11H,1H2. The van der Waals surface area contributed by atoms with E-state index in [1.165, 1.54) is 5.56 Å². The molecule has 1 nitrogen and oxygen atoms in total. The van der Waals surface area contributed by atoms with Gasteiger partial charge in [0.05, 0.1) is 6.04 Å². The largest absolute Gasteiger partial charge is 0.255 e. The monoisotopic (exact) mass is 165 g/mol. The maximum absolute atomic E-state index is 3.99. The van der Waals surface area contributed by atoms with Crippen molar-refractivity contribution in [3.63, 3.8) is 0 Å². The van der Waals surface area contributed by atoms with Crippen molar-refractivity contribution in [3.05, 3.63) is 48.6 Å². The van der Waals surface area contributed by atoms with Gasteiger partial charge in [0.2, 0.25) is 0 Å². The Hall–Kier alpha value is -0.730. The van der Waals surface area contributed by atoms with Crippen LogP contribution in [0.2, 0.25) is 0 Å². The fourth-order valence-corrected chi connectivity index (χ4v) is 1.18. The van der Waals surface area contributed by atoms with Crippen molar-refractivity contribution in [2.45, 2.75) is 6.04 Å². The lowest BCUT2D eigenvalue weighted by Crippen LogP contribution is -2.07. The Balaban J connectivity index is 2.82. The predicted octanol–water partition coefficient (Wildman–Crippen LogP) is 2.35. The molecule has 0 aliphatic carbocycles. The highest BCUT2D eigenvalue weighted by atomic mass is 32.1. The van der Waals surface area contributed by atoms with Crippen LogP contribution in [-0.2, 0) is 0 Å². The van der Waals surface area contributed by atoms with E-state index in [4.69, 9.17) is 0 Å². The van der Waals surface area contributed by atoms with Gasteiger partial charge in [-0.2, -0.15) is 0 Å².